The van der Waals surface area contributed by atoms with E-state index in [1.54, 1.807) is 18.3 Å². The van der Waals surface area contributed by atoms with Gasteiger partial charge in [0.05, 0.1) is 17.6 Å². The summed E-state index contributed by atoms with van der Waals surface area (Å²) in [6, 6.07) is 3.95. The fraction of sp³-hybridized carbons (Fsp3) is 0.462. The molecule has 3 nitrogen and oxygen atoms in total. The second-order valence-electron chi connectivity index (χ2n) is 4.30. The minimum absolute atomic E-state index is 0.121. The van der Waals surface area contributed by atoms with E-state index in [-0.39, 0.29) is 12.1 Å². The molecule has 17 heavy (non-hydrogen) atoms. The van der Waals surface area contributed by atoms with E-state index < -0.39 is 5.60 Å². The molecule has 1 aliphatic rings. The molecule has 0 bridgehead atoms. The molecule has 2 heterocycles. The van der Waals surface area contributed by atoms with Crippen molar-refractivity contribution in [2.24, 2.45) is 0 Å². The lowest BCUT2D eigenvalue weighted by molar-refractivity contribution is -0.161. The number of rotatable bonds is 3. The van der Waals surface area contributed by atoms with E-state index in [9.17, 15) is 4.79 Å². The van der Waals surface area contributed by atoms with Crippen LogP contribution in [-0.2, 0) is 19.9 Å². The van der Waals surface area contributed by atoms with Crippen molar-refractivity contribution in [3.8, 4) is 0 Å². The van der Waals surface area contributed by atoms with E-state index in [1.807, 2.05) is 24.4 Å². The van der Waals surface area contributed by atoms with Crippen LogP contribution in [-0.4, -0.2) is 18.7 Å². The number of ether oxygens (including phenoxy) is 2. The number of esters is 1. The van der Waals surface area contributed by atoms with Gasteiger partial charge in [-0.05, 0) is 25.3 Å². The zero-order valence-corrected chi connectivity index (χ0v) is 10.9. The normalized spacial score (nSPS) is 28.0. The summed E-state index contributed by atoms with van der Waals surface area (Å²) in [5, 5.41) is 1.98. The van der Waals surface area contributed by atoms with Crippen LogP contribution in [0.3, 0.4) is 0 Å². The third-order valence-electron chi connectivity index (χ3n) is 3.06. The Morgan fingerprint density at radius 1 is 1.71 bits per heavy atom. The van der Waals surface area contributed by atoms with Crippen molar-refractivity contribution < 1.29 is 14.3 Å². The molecule has 0 radical (unpaired) electrons. The van der Waals surface area contributed by atoms with Gasteiger partial charge < -0.3 is 9.47 Å². The van der Waals surface area contributed by atoms with Crippen LogP contribution in [0.25, 0.3) is 0 Å². The van der Waals surface area contributed by atoms with Crippen LogP contribution in [0.2, 0.25) is 0 Å². The van der Waals surface area contributed by atoms with Crippen LogP contribution in [0.4, 0.5) is 0 Å². The Morgan fingerprint density at radius 3 is 2.94 bits per heavy atom. The van der Waals surface area contributed by atoms with E-state index >= 15 is 0 Å². The Kier molecular flexibility index (Phi) is 3.35. The zero-order chi connectivity index (χ0) is 12.5. The Labute approximate surface area is 105 Å². The minimum atomic E-state index is -0.635. The number of thiophene rings is 1. The molecule has 0 amide bonds. The molecule has 92 valence electrons. The molecule has 2 rings (SSSR count). The Balaban J connectivity index is 2.32. The second kappa shape index (κ2) is 4.63. The van der Waals surface area contributed by atoms with Crippen molar-refractivity contribution in [3.05, 3.63) is 34.5 Å². The highest BCUT2D eigenvalue weighted by molar-refractivity contribution is 7.10. The van der Waals surface area contributed by atoms with E-state index in [2.05, 4.69) is 6.58 Å². The molecule has 1 fully saturated rings. The van der Waals surface area contributed by atoms with Crippen molar-refractivity contribution in [3.63, 3.8) is 0 Å². The van der Waals surface area contributed by atoms with Crippen LogP contribution in [0.1, 0.15) is 25.1 Å². The molecule has 1 aromatic rings. The molecule has 0 N–H and O–H groups in total. The largest absolute Gasteiger partial charge is 0.447 e. The van der Waals surface area contributed by atoms with Crippen LogP contribution >= 0.6 is 11.3 Å². The maximum atomic E-state index is 11.8. The number of carbonyl (C=O) groups is 1. The third-order valence-corrected chi connectivity index (χ3v) is 4.09. The summed E-state index contributed by atoms with van der Waals surface area (Å²) in [6.07, 6.45) is 0.581. The average molecular weight is 252 g/mol. The first-order chi connectivity index (χ1) is 8.06. The smallest absolute Gasteiger partial charge is 0.334 e. The Bertz CT molecular complexity index is 424. The van der Waals surface area contributed by atoms with Crippen LogP contribution in [0.5, 0.6) is 0 Å². The summed E-state index contributed by atoms with van der Waals surface area (Å²) in [5.41, 5.74) is -0.218. The predicted octanol–water partition coefficient (Wildman–Crippen LogP) is 2.87. The number of hydrogen-bond acceptors (Lipinski definition) is 4. The lowest BCUT2D eigenvalue weighted by atomic mass is 9.94. The molecule has 1 aliphatic heterocycles. The molecule has 0 aromatic carbocycles. The minimum Gasteiger partial charge on any atom is -0.447 e. The first kappa shape index (κ1) is 12.3. The molecule has 2 unspecified atom stereocenters. The summed E-state index contributed by atoms with van der Waals surface area (Å²) in [4.78, 5) is 12.8. The Morgan fingerprint density at radius 2 is 2.47 bits per heavy atom. The van der Waals surface area contributed by atoms with Gasteiger partial charge in [0.25, 0.3) is 0 Å². The molecule has 0 saturated carbocycles. The molecule has 1 saturated heterocycles. The molecule has 4 heteroatoms. The van der Waals surface area contributed by atoms with Crippen LogP contribution < -0.4 is 0 Å². The highest BCUT2D eigenvalue weighted by Gasteiger charge is 2.47. The average Bonchev–Trinajstić information content (AvgIpc) is 2.89. The van der Waals surface area contributed by atoms with Gasteiger partial charge in [-0.2, -0.15) is 0 Å². The summed E-state index contributed by atoms with van der Waals surface area (Å²) < 4.78 is 11.2. The first-order valence-electron chi connectivity index (χ1n) is 5.61. The van der Waals surface area contributed by atoms with Crippen molar-refractivity contribution in [1.82, 2.24) is 0 Å². The maximum absolute atomic E-state index is 11.8. The van der Waals surface area contributed by atoms with E-state index in [1.165, 1.54) is 0 Å². The molecule has 2 atom stereocenters. The van der Waals surface area contributed by atoms with Crippen LogP contribution in [0, 0.1) is 0 Å². The van der Waals surface area contributed by atoms with Gasteiger partial charge in [-0.1, -0.05) is 12.6 Å². The topological polar surface area (TPSA) is 35.5 Å². The SMILES string of the molecule is C=C(C)C(=O)OC1(c2cccs2)CCOC1C. The highest BCUT2D eigenvalue weighted by atomic mass is 32.1. The maximum Gasteiger partial charge on any atom is 0.334 e. The lowest BCUT2D eigenvalue weighted by Gasteiger charge is -2.31. The molecule has 1 aromatic heterocycles. The zero-order valence-electron chi connectivity index (χ0n) is 10.1. The van der Waals surface area contributed by atoms with Crippen molar-refractivity contribution in [2.75, 3.05) is 6.61 Å². The first-order valence-corrected chi connectivity index (χ1v) is 6.48. The van der Waals surface area contributed by atoms with Crippen LogP contribution in [0.15, 0.2) is 29.7 Å². The van der Waals surface area contributed by atoms with E-state index in [4.69, 9.17) is 9.47 Å². The third kappa shape index (κ3) is 2.15. The van der Waals surface area contributed by atoms with Crippen molar-refractivity contribution in [1.29, 1.82) is 0 Å². The van der Waals surface area contributed by atoms with Gasteiger partial charge in [-0.15, -0.1) is 11.3 Å². The summed E-state index contributed by atoms with van der Waals surface area (Å²) in [6.45, 7) is 7.84. The standard InChI is InChI=1S/C13H16O3S/c1-9(2)12(14)16-13(6-7-15-10(13)3)11-5-4-8-17-11/h4-5,8,10H,1,6-7H2,2-3H3. The van der Waals surface area contributed by atoms with Gasteiger partial charge in [0.15, 0.2) is 5.60 Å². The van der Waals surface area contributed by atoms with Gasteiger partial charge in [-0.3, -0.25) is 0 Å². The van der Waals surface area contributed by atoms with E-state index in [0.29, 0.717) is 18.6 Å². The van der Waals surface area contributed by atoms with Gasteiger partial charge in [-0.25, -0.2) is 4.79 Å². The van der Waals surface area contributed by atoms with Gasteiger partial charge in [0.2, 0.25) is 0 Å². The molecule has 0 spiro atoms. The van der Waals surface area contributed by atoms with Crippen molar-refractivity contribution >= 4 is 17.3 Å². The predicted molar refractivity (Wildman–Crippen MR) is 66.9 cm³/mol. The van der Waals surface area contributed by atoms with E-state index in [0.717, 1.165) is 4.88 Å². The number of hydrogen-bond donors (Lipinski definition) is 0. The summed E-state index contributed by atoms with van der Waals surface area (Å²) >= 11 is 1.59. The quantitative estimate of drug-likeness (QED) is 0.613. The molecular weight excluding hydrogens is 236 g/mol. The number of carbonyl (C=O) groups excluding carboxylic acids is 1. The fourth-order valence-electron chi connectivity index (χ4n) is 2.00. The summed E-state index contributed by atoms with van der Waals surface area (Å²) in [5.74, 6) is -0.351. The van der Waals surface area contributed by atoms with Gasteiger partial charge in [0, 0.05) is 12.0 Å². The monoisotopic (exact) mass is 252 g/mol. The van der Waals surface area contributed by atoms with Gasteiger partial charge in [0.1, 0.15) is 0 Å². The lowest BCUT2D eigenvalue weighted by Crippen LogP contribution is -2.38. The van der Waals surface area contributed by atoms with Crippen molar-refractivity contribution in [2.45, 2.75) is 32.0 Å². The highest BCUT2D eigenvalue weighted by Crippen LogP contribution is 2.42. The second-order valence-corrected chi connectivity index (χ2v) is 5.25. The molecular formula is C13H16O3S. The summed E-state index contributed by atoms with van der Waals surface area (Å²) in [7, 11) is 0. The fourth-order valence-corrected chi connectivity index (χ4v) is 2.97. The molecule has 0 aliphatic carbocycles. The van der Waals surface area contributed by atoms with Gasteiger partial charge >= 0.3 is 5.97 Å². The Hall–Kier alpha value is -1.13.